The number of sulfonamides is 1. The summed E-state index contributed by atoms with van der Waals surface area (Å²) < 4.78 is 32.0. The van der Waals surface area contributed by atoms with Crippen molar-refractivity contribution >= 4 is 15.8 Å². The lowest BCUT2D eigenvalue weighted by Gasteiger charge is -2.18. The molecule has 5 nitrogen and oxygen atoms in total. The van der Waals surface area contributed by atoms with E-state index in [1.54, 1.807) is 0 Å². The molecule has 0 saturated heterocycles. The monoisotopic (exact) mass is 361 g/mol. The Labute approximate surface area is 149 Å². The number of ketones is 1. The standard InChI is InChI=1S/C19H23NO4S/c1-14-11-15(2)13-18(12-14)24-10-9-20(4)25(22,23)19-7-5-17(6-8-19)16(3)21/h5-8,11-13H,9-10H2,1-4H3. The van der Waals surface area contributed by atoms with Crippen LogP contribution in [0.1, 0.15) is 28.4 Å². The SMILES string of the molecule is CC(=O)c1ccc(S(=O)(=O)N(C)CCOc2cc(C)cc(C)c2)cc1. The van der Waals surface area contributed by atoms with Gasteiger partial charge in [-0.15, -0.1) is 0 Å². The number of hydrogen-bond acceptors (Lipinski definition) is 4. The Bertz CT molecular complexity index is 837. The number of ether oxygens (including phenoxy) is 1. The van der Waals surface area contributed by atoms with Gasteiger partial charge in [0.25, 0.3) is 0 Å². The highest BCUT2D eigenvalue weighted by atomic mass is 32.2. The molecule has 0 saturated carbocycles. The molecule has 0 radical (unpaired) electrons. The van der Waals surface area contributed by atoms with Gasteiger partial charge in [0.2, 0.25) is 10.0 Å². The van der Waals surface area contributed by atoms with Crippen LogP contribution in [-0.2, 0) is 10.0 Å². The second kappa shape index (κ2) is 7.80. The first-order valence-electron chi connectivity index (χ1n) is 7.98. The molecule has 0 bridgehead atoms. The van der Waals surface area contributed by atoms with Crippen molar-refractivity contribution in [2.24, 2.45) is 0 Å². The third-order valence-electron chi connectivity index (χ3n) is 3.84. The molecule has 2 aromatic carbocycles. The fourth-order valence-electron chi connectivity index (χ4n) is 2.47. The van der Waals surface area contributed by atoms with E-state index in [1.165, 1.54) is 42.5 Å². The Morgan fingerprint density at radius 1 is 1.04 bits per heavy atom. The lowest BCUT2D eigenvalue weighted by molar-refractivity contribution is 0.101. The second-order valence-corrected chi connectivity index (χ2v) is 8.12. The number of carbonyl (C=O) groups is 1. The number of carbonyl (C=O) groups excluding carboxylic acids is 1. The molecular formula is C19H23NO4S. The van der Waals surface area contributed by atoms with Gasteiger partial charge in [0.05, 0.1) is 4.90 Å². The summed E-state index contributed by atoms with van der Waals surface area (Å²) >= 11 is 0. The minimum atomic E-state index is -3.61. The van der Waals surface area contributed by atoms with Gasteiger partial charge in [-0.1, -0.05) is 18.2 Å². The van der Waals surface area contributed by atoms with Gasteiger partial charge in [0.1, 0.15) is 12.4 Å². The first-order valence-corrected chi connectivity index (χ1v) is 9.42. The number of Topliss-reactive ketones (excluding diaryl/α,β-unsaturated/α-hetero) is 1. The lowest BCUT2D eigenvalue weighted by Crippen LogP contribution is -2.31. The predicted octanol–water partition coefficient (Wildman–Crippen LogP) is 3.21. The maximum absolute atomic E-state index is 12.5. The molecule has 0 amide bonds. The van der Waals surface area contributed by atoms with Crippen LogP contribution in [0, 0.1) is 13.8 Å². The fourth-order valence-corrected chi connectivity index (χ4v) is 3.62. The fraction of sp³-hybridized carbons (Fsp3) is 0.316. The Morgan fingerprint density at radius 2 is 1.60 bits per heavy atom. The summed E-state index contributed by atoms with van der Waals surface area (Å²) in [6.45, 7) is 5.90. The van der Waals surface area contributed by atoms with Gasteiger partial charge >= 0.3 is 0 Å². The molecule has 0 aliphatic carbocycles. The van der Waals surface area contributed by atoms with Gasteiger partial charge in [-0.3, -0.25) is 4.79 Å². The molecule has 0 heterocycles. The van der Waals surface area contributed by atoms with Crippen LogP contribution in [0.3, 0.4) is 0 Å². The summed E-state index contributed by atoms with van der Waals surface area (Å²) in [4.78, 5) is 11.4. The normalized spacial score (nSPS) is 11.6. The zero-order valence-electron chi connectivity index (χ0n) is 14.9. The van der Waals surface area contributed by atoms with Crippen molar-refractivity contribution in [1.82, 2.24) is 4.31 Å². The van der Waals surface area contributed by atoms with Crippen molar-refractivity contribution in [3.05, 3.63) is 59.2 Å². The number of nitrogens with zero attached hydrogens (tertiary/aromatic N) is 1. The first-order chi connectivity index (χ1) is 11.7. The Morgan fingerprint density at radius 3 is 2.12 bits per heavy atom. The Hall–Kier alpha value is -2.18. The molecule has 0 aliphatic heterocycles. The van der Waals surface area contributed by atoms with E-state index < -0.39 is 10.0 Å². The maximum Gasteiger partial charge on any atom is 0.242 e. The molecule has 0 unspecified atom stereocenters. The van der Waals surface area contributed by atoms with Crippen LogP contribution in [0.15, 0.2) is 47.4 Å². The molecule has 0 spiro atoms. The zero-order valence-corrected chi connectivity index (χ0v) is 15.8. The largest absolute Gasteiger partial charge is 0.492 e. The van der Waals surface area contributed by atoms with Gasteiger partial charge in [-0.25, -0.2) is 8.42 Å². The van der Waals surface area contributed by atoms with Crippen LogP contribution in [0.25, 0.3) is 0 Å². The van der Waals surface area contributed by atoms with E-state index in [0.717, 1.165) is 16.9 Å². The van der Waals surface area contributed by atoms with Crippen LogP contribution in [0.5, 0.6) is 5.75 Å². The number of likely N-dealkylation sites (N-methyl/N-ethyl adjacent to an activating group) is 1. The van der Waals surface area contributed by atoms with E-state index in [1.807, 2.05) is 32.0 Å². The van der Waals surface area contributed by atoms with Crippen molar-refractivity contribution < 1.29 is 17.9 Å². The zero-order chi connectivity index (χ0) is 18.6. The van der Waals surface area contributed by atoms with E-state index in [9.17, 15) is 13.2 Å². The molecule has 0 atom stereocenters. The molecule has 0 aromatic heterocycles. The van der Waals surface area contributed by atoms with Crippen molar-refractivity contribution in [1.29, 1.82) is 0 Å². The van der Waals surface area contributed by atoms with Crippen molar-refractivity contribution in [3.8, 4) is 5.75 Å². The summed E-state index contributed by atoms with van der Waals surface area (Å²) in [5.41, 5.74) is 2.68. The van der Waals surface area contributed by atoms with E-state index in [-0.39, 0.29) is 23.8 Å². The van der Waals surface area contributed by atoms with Gasteiger partial charge < -0.3 is 4.74 Å². The maximum atomic E-state index is 12.5. The van der Waals surface area contributed by atoms with Crippen molar-refractivity contribution in [3.63, 3.8) is 0 Å². The number of rotatable bonds is 7. The van der Waals surface area contributed by atoms with Gasteiger partial charge in [0, 0.05) is 19.2 Å². The Kier molecular flexibility index (Phi) is 5.98. The smallest absolute Gasteiger partial charge is 0.242 e. The molecule has 25 heavy (non-hydrogen) atoms. The molecule has 2 rings (SSSR count). The number of benzene rings is 2. The highest BCUT2D eigenvalue weighted by molar-refractivity contribution is 7.89. The van der Waals surface area contributed by atoms with E-state index in [2.05, 4.69) is 0 Å². The van der Waals surface area contributed by atoms with Crippen LogP contribution >= 0.6 is 0 Å². The van der Waals surface area contributed by atoms with Crippen LogP contribution in [0.2, 0.25) is 0 Å². The third-order valence-corrected chi connectivity index (χ3v) is 5.71. The van der Waals surface area contributed by atoms with Gasteiger partial charge in [0.15, 0.2) is 5.78 Å². The molecule has 2 aromatic rings. The van der Waals surface area contributed by atoms with Gasteiger partial charge in [-0.05, 0) is 56.2 Å². The minimum Gasteiger partial charge on any atom is -0.492 e. The average molecular weight is 361 g/mol. The van der Waals surface area contributed by atoms with E-state index >= 15 is 0 Å². The van der Waals surface area contributed by atoms with Gasteiger partial charge in [-0.2, -0.15) is 4.31 Å². The average Bonchev–Trinajstić information content (AvgIpc) is 2.53. The molecule has 6 heteroatoms. The third kappa shape index (κ3) is 4.90. The predicted molar refractivity (Wildman–Crippen MR) is 97.7 cm³/mol. The van der Waals surface area contributed by atoms with Crippen molar-refractivity contribution in [2.45, 2.75) is 25.7 Å². The van der Waals surface area contributed by atoms with Crippen LogP contribution in [0.4, 0.5) is 0 Å². The minimum absolute atomic E-state index is 0.0980. The summed E-state index contributed by atoms with van der Waals surface area (Å²) in [6.07, 6.45) is 0. The Balaban J connectivity index is 2.01. The molecular weight excluding hydrogens is 338 g/mol. The highest BCUT2D eigenvalue weighted by Crippen LogP contribution is 2.18. The molecule has 134 valence electrons. The second-order valence-electron chi connectivity index (χ2n) is 6.08. The summed E-state index contributed by atoms with van der Waals surface area (Å²) in [7, 11) is -2.10. The molecule has 0 aliphatic rings. The summed E-state index contributed by atoms with van der Waals surface area (Å²) in [5.74, 6) is 0.633. The summed E-state index contributed by atoms with van der Waals surface area (Å²) in [5, 5.41) is 0. The molecule has 0 fully saturated rings. The first kappa shape index (κ1) is 19.1. The van der Waals surface area contributed by atoms with E-state index in [0.29, 0.717) is 5.56 Å². The highest BCUT2D eigenvalue weighted by Gasteiger charge is 2.20. The van der Waals surface area contributed by atoms with E-state index in [4.69, 9.17) is 4.74 Å². The number of aryl methyl sites for hydroxylation is 2. The van der Waals surface area contributed by atoms with Crippen LogP contribution < -0.4 is 4.74 Å². The summed E-state index contributed by atoms with van der Waals surface area (Å²) in [6, 6.07) is 11.8. The number of hydrogen-bond donors (Lipinski definition) is 0. The molecule has 0 N–H and O–H groups in total. The van der Waals surface area contributed by atoms with Crippen LogP contribution in [-0.4, -0.2) is 38.7 Å². The lowest BCUT2D eigenvalue weighted by atomic mass is 10.1. The topological polar surface area (TPSA) is 63.7 Å². The van der Waals surface area contributed by atoms with Crippen molar-refractivity contribution in [2.75, 3.05) is 20.2 Å². The quantitative estimate of drug-likeness (QED) is 0.711.